The van der Waals surface area contributed by atoms with Crippen molar-refractivity contribution in [3.05, 3.63) is 38.1 Å². The van der Waals surface area contributed by atoms with E-state index in [-0.39, 0.29) is 0 Å². The van der Waals surface area contributed by atoms with Crippen molar-refractivity contribution in [3.8, 4) is 0 Å². The van der Waals surface area contributed by atoms with Crippen LogP contribution in [0.15, 0.2) is 28.1 Å². The van der Waals surface area contributed by atoms with E-state index in [1.165, 1.54) is 0 Å². The van der Waals surface area contributed by atoms with E-state index in [9.17, 15) is 0 Å². The van der Waals surface area contributed by atoms with E-state index in [1.54, 1.807) is 18.4 Å². The molecule has 4 nitrogen and oxygen atoms in total. The van der Waals surface area contributed by atoms with Crippen molar-refractivity contribution in [2.24, 2.45) is 0 Å². The molecule has 0 aliphatic carbocycles. The standard InChI is InChI=1S/C13H9BrCl2N4S/c1-17-13-19-11(6-4-5-21-12(6)20-13)18-8-3-2-7(14)9(15)10(8)16/h2-5H,1H3,(H2,17,18,19,20). The number of hydrogen-bond donors (Lipinski definition) is 2. The molecule has 0 atom stereocenters. The molecule has 0 bridgehead atoms. The fraction of sp³-hybridized carbons (Fsp3) is 0.0769. The lowest BCUT2D eigenvalue weighted by atomic mass is 10.3. The summed E-state index contributed by atoms with van der Waals surface area (Å²) < 4.78 is 0.749. The molecular weight excluding hydrogens is 395 g/mol. The second kappa shape index (κ2) is 5.96. The van der Waals surface area contributed by atoms with Crippen LogP contribution in [-0.4, -0.2) is 17.0 Å². The van der Waals surface area contributed by atoms with E-state index in [1.807, 2.05) is 23.6 Å². The molecule has 1 aromatic carbocycles. The fourth-order valence-corrected chi connectivity index (χ4v) is 3.40. The lowest BCUT2D eigenvalue weighted by Crippen LogP contribution is -2.01. The van der Waals surface area contributed by atoms with Gasteiger partial charge >= 0.3 is 0 Å². The number of aromatic nitrogens is 2. The number of benzene rings is 1. The Morgan fingerprint density at radius 3 is 2.71 bits per heavy atom. The van der Waals surface area contributed by atoms with Crippen molar-refractivity contribution in [2.75, 3.05) is 17.7 Å². The van der Waals surface area contributed by atoms with Crippen LogP contribution in [0, 0.1) is 0 Å². The van der Waals surface area contributed by atoms with Gasteiger partial charge in [0, 0.05) is 11.5 Å². The molecule has 0 saturated heterocycles. The number of fused-ring (bicyclic) bond motifs is 1. The number of rotatable bonds is 3. The molecule has 0 fully saturated rings. The largest absolute Gasteiger partial charge is 0.357 e. The van der Waals surface area contributed by atoms with E-state index in [0.29, 0.717) is 27.5 Å². The average Bonchev–Trinajstić information content (AvgIpc) is 2.96. The summed E-state index contributed by atoms with van der Waals surface area (Å²) in [6.45, 7) is 0. The Hall–Kier alpha value is -1.08. The number of hydrogen-bond acceptors (Lipinski definition) is 5. The highest BCUT2D eigenvalue weighted by molar-refractivity contribution is 9.10. The van der Waals surface area contributed by atoms with Gasteiger partial charge < -0.3 is 10.6 Å². The van der Waals surface area contributed by atoms with Gasteiger partial charge in [0.05, 0.1) is 21.1 Å². The Balaban J connectivity index is 2.09. The van der Waals surface area contributed by atoms with Crippen LogP contribution in [0.1, 0.15) is 0 Å². The number of anilines is 3. The van der Waals surface area contributed by atoms with E-state index in [4.69, 9.17) is 23.2 Å². The minimum Gasteiger partial charge on any atom is -0.357 e. The first-order valence-electron chi connectivity index (χ1n) is 5.93. The summed E-state index contributed by atoms with van der Waals surface area (Å²) in [7, 11) is 1.78. The number of nitrogens with zero attached hydrogens (tertiary/aromatic N) is 2. The highest BCUT2D eigenvalue weighted by Gasteiger charge is 2.12. The molecule has 2 aromatic heterocycles. The zero-order chi connectivity index (χ0) is 15.0. The molecule has 0 saturated carbocycles. The molecule has 0 unspecified atom stereocenters. The van der Waals surface area contributed by atoms with Crippen LogP contribution >= 0.6 is 50.5 Å². The van der Waals surface area contributed by atoms with Crippen molar-refractivity contribution >= 4 is 78.1 Å². The molecule has 0 aliphatic rings. The predicted molar refractivity (Wildman–Crippen MR) is 94.4 cm³/mol. The summed E-state index contributed by atoms with van der Waals surface area (Å²) in [5, 5.41) is 9.99. The summed E-state index contributed by atoms with van der Waals surface area (Å²) in [6.07, 6.45) is 0. The lowest BCUT2D eigenvalue weighted by molar-refractivity contribution is 1.20. The van der Waals surface area contributed by atoms with Gasteiger partial charge in [-0.25, -0.2) is 4.98 Å². The normalized spacial score (nSPS) is 10.9. The SMILES string of the molecule is CNc1nc(Nc2ccc(Br)c(Cl)c2Cl)c2ccsc2n1. The summed E-state index contributed by atoms with van der Waals surface area (Å²) >= 11 is 17.3. The molecule has 3 aromatic rings. The maximum Gasteiger partial charge on any atom is 0.225 e. The van der Waals surface area contributed by atoms with Crippen LogP contribution in [0.25, 0.3) is 10.2 Å². The molecule has 2 N–H and O–H groups in total. The minimum absolute atomic E-state index is 0.444. The predicted octanol–water partition coefficient (Wildman–Crippen LogP) is 5.55. The maximum absolute atomic E-state index is 6.27. The Bertz CT molecular complexity index is 821. The number of thiophene rings is 1. The minimum atomic E-state index is 0.444. The first kappa shape index (κ1) is 14.8. The van der Waals surface area contributed by atoms with Crippen LogP contribution in [0.5, 0.6) is 0 Å². The highest BCUT2D eigenvalue weighted by Crippen LogP contribution is 2.38. The molecule has 0 aliphatic heterocycles. The van der Waals surface area contributed by atoms with Gasteiger partial charge in [-0.3, -0.25) is 0 Å². The van der Waals surface area contributed by atoms with Gasteiger partial charge in [0.25, 0.3) is 0 Å². The molecule has 108 valence electrons. The lowest BCUT2D eigenvalue weighted by Gasteiger charge is -2.11. The van der Waals surface area contributed by atoms with Gasteiger partial charge in [-0.15, -0.1) is 11.3 Å². The Kier molecular flexibility index (Phi) is 4.21. The second-order valence-electron chi connectivity index (χ2n) is 4.13. The van der Waals surface area contributed by atoms with Gasteiger partial charge in [0.1, 0.15) is 10.6 Å². The second-order valence-corrected chi connectivity index (χ2v) is 6.64. The molecule has 8 heteroatoms. The van der Waals surface area contributed by atoms with Crippen molar-refractivity contribution < 1.29 is 0 Å². The maximum atomic E-state index is 6.27. The van der Waals surface area contributed by atoms with Crippen LogP contribution in [0.4, 0.5) is 17.5 Å². The Morgan fingerprint density at radius 2 is 1.95 bits per heavy atom. The third kappa shape index (κ3) is 2.81. The zero-order valence-corrected chi connectivity index (χ0v) is 14.7. The van der Waals surface area contributed by atoms with Crippen LogP contribution in [-0.2, 0) is 0 Å². The summed E-state index contributed by atoms with van der Waals surface area (Å²) in [6, 6.07) is 5.65. The Labute approximate surface area is 143 Å². The third-order valence-corrected chi connectivity index (χ3v) is 5.41. The van der Waals surface area contributed by atoms with Crippen LogP contribution < -0.4 is 10.6 Å². The van der Waals surface area contributed by atoms with Crippen LogP contribution in [0.3, 0.4) is 0 Å². The topological polar surface area (TPSA) is 49.8 Å². The van der Waals surface area contributed by atoms with Crippen molar-refractivity contribution in [3.63, 3.8) is 0 Å². The molecule has 0 spiro atoms. The summed E-state index contributed by atoms with van der Waals surface area (Å²) in [5.41, 5.74) is 0.693. The van der Waals surface area contributed by atoms with E-state index in [2.05, 4.69) is 36.5 Å². The molecule has 0 radical (unpaired) electrons. The van der Waals surface area contributed by atoms with Crippen LogP contribution in [0.2, 0.25) is 10.0 Å². The summed E-state index contributed by atoms with van der Waals surface area (Å²) in [4.78, 5) is 9.74. The Morgan fingerprint density at radius 1 is 1.14 bits per heavy atom. The molecule has 21 heavy (non-hydrogen) atoms. The van der Waals surface area contributed by atoms with E-state index in [0.717, 1.165) is 14.7 Å². The van der Waals surface area contributed by atoms with Crippen molar-refractivity contribution in [1.29, 1.82) is 0 Å². The smallest absolute Gasteiger partial charge is 0.225 e. The molecule has 0 amide bonds. The summed E-state index contributed by atoms with van der Waals surface area (Å²) in [5.74, 6) is 1.23. The fourth-order valence-electron chi connectivity index (χ4n) is 1.81. The van der Waals surface area contributed by atoms with E-state index >= 15 is 0 Å². The monoisotopic (exact) mass is 402 g/mol. The van der Waals surface area contributed by atoms with Gasteiger partial charge in [0.2, 0.25) is 5.95 Å². The highest BCUT2D eigenvalue weighted by atomic mass is 79.9. The van der Waals surface area contributed by atoms with Gasteiger partial charge in [-0.05, 0) is 39.5 Å². The van der Waals surface area contributed by atoms with Gasteiger partial charge in [0.15, 0.2) is 0 Å². The molecule has 3 rings (SSSR count). The van der Waals surface area contributed by atoms with Gasteiger partial charge in [-0.1, -0.05) is 23.2 Å². The van der Waals surface area contributed by atoms with Crippen molar-refractivity contribution in [1.82, 2.24) is 9.97 Å². The third-order valence-electron chi connectivity index (χ3n) is 2.84. The van der Waals surface area contributed by atoms with Gasteiger partial charge in [-0.2, -0.15) is 4.98 Å². The number of nitrogens with one attached hydrogen (secondary N) is 2. The number of halogens is 3. The van der Waals surface area contributed by atoms with Crippen molar-refractivity contribution in [2.45, 2.75) is 0 Å². The quantitative estimate of drug-likeness (QED) is 0.563. The molecular formula is C13H9BrCl2N4S. The average molecular weight is 404 g/mol. The first-order valence-corrected chi connectivity index (χ1v) is 8.36. The van der Waals surface area contributed by atoms with E-state index < -0.39 is 0 Å². The zero-order valence-electron chi connectivity index (χ0n) is 10.7. The first-order chi connectivity index (χ1) is 10.1. The molecule has 2 heterocycles.